The Bertz CT molecular complexity index is 101. The van der Waals surface area contributed by atoms with Crippen LogP contribution in [-0.2, 0) is 4.79 Å². The molecule has 6 heavy (non-hydrogen) atoms. The lowest BCUT2D eigenvalue weighted by atomic mass is 10.8. The largest absolute Gasteiger partial charge is 0.479 e. The second-order valence-electron chi connectivity index (χ2n) is 0.752. The smallest absolute Gasteiger partial charge is 0.332 e. The Morgan fingerprint density at radius 2 is 2.83 bits per heavy atom. The molecule has 0 fully saturated rings. The van der Waals surface area contributed by atoms with Crippen LogP contribution in [0.1, 0.15) is 9.64 Å². The third-order valence-corrected chi connectivity index (χ3v) is 0.247. The van der Waals surface area contributed by atoms with Crippen LogP contribution in [-0.4, -0.2) is 22.3 Å². The summed E-state index contributed by atoms with van der Waals surface area (Å²) in [5.74, 6) is -1.69. The normalized spacial score (nSPS) is 23.5. The van der Waals surface area contributed by atoms with Crippen LogP contribution in [0.2, 0.25) is 0 Å². The molecule has 1 unspecified atom stereocenters. The number of hydrogen-bond donors (Lipinski definition) is 2. The zero-order valence-electron chi connectivity index (χ0n) is 5.01. The summed E-state index contributed by atoms with van der Waals surface area (Å²) in [4.78, 5) is 9.69. The van der Waals surface area contributed by atoms with Crippen molar-refractivity contribution in [2.45, 2.75) is 13.0 Å². The molecule has 2 N–H and O–H groups in total. The zero-order valence-corrected chi connectivity index (χ0v) is 3.01. The monoisotopic (exact) mass is 93.0 g/mol. The van der Waals surface area contributed by atoms with Crippen molar-refractivity contribution in [3.8, 4) is 0 Å². The van der Waals surface area contributed by atoms with Gasteiger partial charge in [0.1, 0.15) is 6.08 Å². The molecule has 0 aromatic heterocycles. The summed E-state index contributed by atoms with van der Waals surface area (Å²) in [6, 6.07) is 0. The minimum atomic E-state index is -2.62. The predicted molar refractivity (Wildman–Crippen MR) is 19.3 cm³/mol. The van der Waals surface area contributed by atoms with Gasteiger partial charge < -0.3 is 10.2 Å². The van der Waals surface area contributed by atoms with E-state index in [0.717, 1.165) is 0 Å². The Morgan fingerprint density at radius 3 is 2.83 bits per heavy atom. The van der Waals surface area contributed by atoms with E-state index in [1.807, 2.05) is 0 Å². The van der Waals surface area contributed by atoms with Crippen LogP contribution in [0.4, 0.5) is 0 Å². The van der Waals surface area contributed by atoms with Crippen LogP contribution in [0.3, 0.4) is 0 Å². The number of hydrogen-bond acceptors (Lipinski definition) is 2. The lowest BCUT2D eigenvalue weighted by molar-refractivity contribution is -0.145. The molecule has 0 radical (unpaired) electrons. The maximum absolute atomic E-state index is 9.69. The lowest BCUT2D eigenvalue weighted by Gasteiger charge is -1.89. The van der Waals surface area contributed by atoms with Gasteiger partial charge in [-0.1, -0.05) is 0 Å². The second kappa shape index (κ2) is 1.77. The molecule has 0 aromatic rings. The topological polar surface area (TPSA) is 57.5 Å². The molecule has 0 heterocycles. The summed E-state index contributed by atoms with van der Waals surface area (Å²) < 4.78 is 12.7. The van der Waals surface area contributed by atoms with Crippen molar-refractivity contribution in [3.63, 3.8) is 0 Å². The summed E-state index contributed by atoms with van der Waals surface area (Å²) in [6.45, 7) is -0.845. The minimum Gasteiger partial charge on any atom is -0.479 e. The van der Waals surface area contributed by atoms with Crippen molar-refractivity contribution in [1.82, 2.24) is 0 Å². The van der Waals surface area contributed by atoms with Gasteiger partial charge in [-0.2, -0.15) is 0 Å². The van der Waals surface area contributed by atoms with Crippen molar-refractivity contribution < 1.29 is 17.7 Å². The quantitative estimate of drug-likeness (QED) is 0.428. The number of carboxylic acids is 1. The van der Waals surface area contributed by atoms with Gasteiger partial charge in [-0.25, -0.2) is 4.79 Å². The lowest BCUT2D eigenvalue weighted by Crippen LogP contribution is -2.13. The van der Waals surface area contributed by atoms with E-state index in [1.54, 1.807) is 0 Å². The van der Waals surface area contributed by atoms with Gasteiger partial charge in [-0.05, 0) is 6.90 Å². The molecule has 3 nitrogen and oxygen atoms in total. The highest BCUT2D eigenvalue weighted by Gasteiger charge is 2.01. The number of rotatable bonds is 1. The van der Waals surface area contributed by atoms with E-state index in [1.165, 1.54) is 0 Å². The molecule has 0 saturated heterocycles. The van der Waals surface area contributed by atoms with Gasteiger partial charge in [0.15, 0.2) is 0 Å². The number of carbonyl (C=O) groups is 1. The first-order valence-electron chi connectivity index (χ1n) is 2.46. The number of aliphatic hydroxyl groups is 1. The van der Waals surface area contributed by atoms with Gasteiger partial charge in [0.25, 0.3) is 0 Å². The summed E-state index contributed by atoms with van der Waals surface area (Å²) in [7, 11) is 0. The zero-order chi connectivity index (χ0) is 6.78. The maximum Gasteiger partial charge on any atom is 0.332 e. The summed E-state index contributed by atoms with van der Waals surface area (Å²) in [5.41, 5.74) is 0. The van der Waals surface area contributed by atoms with Crippen LogP contribution in [0, 0.1) is 0 Å². The van der Waals surface area contributed by atoms with Crippen molar-refractivity contribution in [1.29, 1.82) is 0 Å². The van der Waals surface area contributed by atoms with E-state index < -0.39 is 18.9 Å². The Labute approximate surface area is 38.0 Å². The molecule has 0 aromatic carbocycles. The molecular formula is C3H6O3. The fraction of sp³-hybridized carbons (Fsp3) is 0.667. The van der Waals surface area contributed by atoms with Crippen LogP contribution in [0.25, 0.3) is 0 Å². The third-order valence-electron chi connectivity index (χ3n) is 0.247. The van der Waals surface area contributed by atoms with Gasteiger partial charge in [0, 0.05) is 1.37 Å². The van der Waals surface area contributed by atoms with Crippen LogP contribution in [0.15, 0.2) is 0 Å². The van der Waals surface area contributed by atoms with Crippen molar-refractivity contribution >= 4 is 5.97 Å². The Kier molecular flexibility index (Phi) is 0.759. The van der Waals surface area contributed by atoms with Crippen LogP contribution >= 0.6 is 0 Å². The van der Waals surface area contributed by atoms with E-state index in [-0.39, 0.29) is 0 Å². The minimum absolute atomic E-state index is 0.845. The van der Waals surface area contributed by atoms with Crippen LogP contribution in [0.5, 0.6) is 0 Å². The molecule has 0 aliphatic heterocycles. The molecule has 0 bridgehead atoms. The average molecular weight is 93.1 g/mol. The van der Waals surface area contributed by atoms with E-state index >= 15 is 0 Å². The fourth-order valence-corrected chi connectivity index (χ4v) is 0. The molecule has 0 amide bonds. The number of carboxylic acid groups (broad SMARTS) is 1. The highest BCUT2D eigenvalue weighted by atomic mass is 16.4. The molecule has 3 heteroatoms. The predicted octanol–water partition coefficient (Wildman–Crippen LogP) is -0.548. The van der Waals surface area contributed by atoms with Crippen LogP contribution < -0.4 is 0 Å². The molecule has 36 valence electrons. The highest BCUT2D eigenvalue weighted by Crippen LogP contribution is 1.73. The fourth-order valence-electron chi connectivity index (χ4n) is 0. The number of aliphatic carboxylic acids is 1. The molecule has 0 rings (SSSR count). The summed E-state index contributed by atoms with van der Waals surface area (Å²) >= 11 is 0. The molecule has 0 spiro atoms. The Hall–Kier alpha value is -0.570. The third kappa shape index (κ3) is 1.72. The standard InChI is InChI=1S/C3H6O3/c1-2(4)3(5)6/h2,4H,1H3,(H,5,6)/i1D,2+1D. The van der Waals surface area contributed by atoms with E-state index in [4.69, 9.17) is 13.0 Å². The maximum atomic E-state index is 9.69. The van der Waals surface area contributed by atoms with E-state index in [9.17, 15) is 4.79 Å². The van der Waals surface area contributed by atoms with Crippen molar-refractivity contribution in [2.75, 3.05) is 0 Å². The van der Waals surface area contributed by atoms with E-state index in [0.29, 0.717) is 0 Å². The Morgan fingerprint density at radius 1 is 2.33 bits per heavy atom. The Balaban J connectivity index is 3.91. The molecular weight excluding hydrogens is 85.0 g/mol. The first-order valence-corrected chi connectivity index (χ1v) is 1.25. The highest BCUT2D eigenvalue weighted by molar-refractivity contribution is 5.71. The molecule has 1 atom stereocenters. The van der Waals surface area contributed by atoms with Gasteiger partial charge in [0.05, 0.1) is 1.37 Å². The average Bonchev–Trinajstić information content (AvgIpc) is 1.67. The first-order chi connectivity index (χ1) is 3.50. The van der Waals surface area contributed by atoms with Gasteiger partial charge >= 0.3 is 5.97 Å². The summed E-state index contributed by atoms with van der Waals surface area (Å²) in [5, 5.41) is 16.2. The first kappa shape index (κ1) is 2.58. The van der Waals surface area contributed by atoms with Crippen molar-refractivity contribution in [2.24, 2.45) is 0 Å². The second-order valence-corrected chi connectivity index (χ2v) is 0.752. The van der Waals surface area contributed by atoms with Crippen molar-refractivity contribution in [3.05, 3.63) is 0 Å². The molecule has 0 aliphatic carbocycles. The van der Waals surface area contributed by atoms with Gasteiger partial charge in [-0.3, -0.25) is 0 Å². The van der Waals surface area contributed by atoms with E-state index in [2.05, 4.69) is 0 Å². The molecule has 0 saturated carbocycles. The van der Waals surface area contributed by atoms with Gasteiger partial charge in [0.2, 0.25) is 0 Å². The summed E-state index contributed by atoms with van der Waals surface area (Å²) in [6.07, 6.45) is -2.62. The van der Waals surface area contributed by atoms with Gasteiger partial charge in [-0.15, -0.1) is 0 Å². The SMILES string of the molecule is [2H]C[13C]([2H])(O)C(=O)O. The molecule has 0 aliphatic rings.